The Balaban J connectivity index is 1.76. The molecular formula is C23H28N2O. The molecule has 0 saturated heterocycles. The summed E-state index contributed by atoms with van der Waals surface area (Å²) < 4.78 is 2.17. The van der Waals surface area contributed by atoms with Crippen molar-refractivity contribution in [1.29, 1.82) is 0 Å². The van der Waals surface area contributed by atoms with Crippen LogP contribution in [-0.4, -0.2) is 10.5 Å². The summed E-state index contributed by atoms with van der Waals surface area (Å²) in [6.45, 7) is 5.03. The number of aromatic nitrogens is 1. The maximum atomic E-state index is 12.6. The summed E-state index contributed by atoms with van der Waals surface area (Å²) in [6, 6.07) is 18.5. The minimum atomic E-state index is 0.118. The number of para-hydroxylation sites is 1. The van der Waals surface area contributed by atoms with Gasteiger partial charge in [0.05, 0.1) is 0 Å². The highest BCUT2D eigenvalue weighted by molar-refractivity contribution is 5.85. The minimum Gasteiger partial charge on any atom is -0.352 e. The van der Waals surface area contributed by atoms with Crippen LogP contribution in [0, 0.1) is 5.92 Å². The van der Waals surface area contributed by atoms with Crippen molar-refractivity contribution >= 4 is 16.8 Å². The number of nitrogens with one attached hydrogen (secondary N) is 1. The Morgan fingerprint density at radius 3 is 2.46 bits per heavy atom. The van der Waals surface area contributed by atoms with Crippen molar-refractivity contribution in [1.82, 2.24) is 9.88 Å². The van der Waals surface area contributed by atoms with E-state index in [2.05, 4.69) is 61.2 Å². The monoisotopic (exact) mass is 348 g/mol. The molecule has 1 atom stereocenters. The van der Waals surface area contributed by atoms with Gasteiger partial charge in [0.1, 0.15) is 0 Å². The fraction of sp³-hybridized carbons (Fsp3) is 0.348. The van der Waals surface area contributed by atoms with Crippen LogP contribution in [0.5, 0.6) is 0 Å². The first-order valence-corrected chi connectivity index (χ1v) is 9.39. The van der Waals surface area contributed by atoms with Gasteiger partial charge in [0.15, 0.2) is 0 Å². The molecule has 2 aromatic carbocycles. The summed E-state index contributed by atoms with van der Waals surface area (Å²) in [5.41, 5.74) is 3.64. The number of amides is 1. The van der Waals surface area contributed by atoms with Crippen LogP contribution in [0.2, 0.25) is 0 Å². The number of hydrogen-bond donors (Lipinski definition) is 1. The topological polar surface area (TPSA) is 34.0 Å². The standard InChI is InChI=1S/C23H28N2O/c1-17(2)13-19(14-23(26)24-15-18-9-5-4-6-10-18)21-16-25(3)22-12-8-7-11-20(21)22/h4-12,16-17,19H,13-15H2,1-3H3,(H,24,26)/t19-/m0/s1. The van der Waals surface area contributed by atoms with Crippen LogP contribution in [0.4, 0.5) is 0 Å². The first-order valence-electron chi connectivity index (χ1n) is 9.39. The lowest BCUT2D eigenvalue weighted by atomic mass is 9.87. The maximum Gasteiger partial charge on any atom is 0.220 e. The number of benzene rings is 2. The normalized spacial score (nSPS) is 12.5. The molecule has 0 unspecified atom stereocenters. The van der Waals surface area contributed by atoms with Crippen molar-refractivity contribution in [3.8, 4) is 0 Å². The lowest BCUT2D eigenvalue weighted by molar-refractivity contribution is -0.121. The smallest absolute Gasteiger partial charge is 0.220 e. The summed E-state index contributed by atoms with van der Waals surface area (Å²) in [5, 5.41) is 4.34. The zero-order valence-corrected chi connectivity index (χ0v) is 15.9. The molecule has 1 N–H and O–H groups in total. The van der Waals surface area contributed by atoms with Gasteiger partial charge in [0.2, 0.25) is 5.91 Å². The second-order valence-corrected chi connectivity index (χ2v) is 7.51. The SMILES string of the molecule is CC(C)C[C@@H](CC(=O)NCc1ccccc1)c1cn(C)c2ccccc12. The molecule has 3 nitrogen and oxygen atoms in total. The summed E-state index contributed by atoms with van der Waals surface area (Å²) in [7, 11) is 2.08. The van der Waals surface area contributed by atoms with E-state index in [9.17, 15) is 4.79 Å². The molecule has 0 bridgehead atoms. The van der Waals surface area contributed by atoms with Crippen LogP contribution in [0.25, 0.3) is 10.9 Å². The molecule has 3 heteroatoms. The van der Waals surface area contributed by atoms with Gasteiger partial charge >= 0.3 is 0 Å². The molecule has 1 heterocycles. The Hall–Kier alpha value is -2.55. The molecule has 0 saturated carbocycles. The molecule has 0 aliphatic heterocycles. The summed E-state index contributed by atoms with van der Waals surface area (Å²) in [4.78, 5) is 12.6. The third-order valence-electron chi connectivity index (χ3n) is 4.89. The van der Waals surface area contributed by atoms with E-state index in [0.717, 1.165) is 12.0 Å². The molecule has 0 aliphatic rings. The zero-order valence-electron chi connectivity index (χ0n) is 15.9. The van der Waals surface area contributed by atoms with E-state index in [4.69, 9.17) is 0 Å². The van der Waals surface area contributed by atoms with Crippen LogP contribution in [0.15, 0.2) is 60.8 Å². The molecular weight excluding hydrogens is 320 g/mol. The molecule has 26 heavy (non-hydrogen) atoms. The van der Waals surface area contributed by atoms with E-state index < -0.39 is 0 Å². The van der Waals surface area contributed by atoms with Crippen LogP contribution in [0.1, 0.15) is 43.7 Å². The Labute approximate surface area is 156 Å². The first-order chi connectivity index (χ1) is 12.5. The van der Waals surface area contributed by atoms with E-state index in [-0.39, 0.29) is 11.8 Å². The predicted octanol–water partition coefficient (Wildman–Crippen LogP) is 5.01. The van der Waals surface area contributed by atoms with Crippen molar-refractivity contribution in [3.63, 3.8) is 0 Å². The van der Waals surface area contributed by atoms with Crippen molar-refractivity contribution < 1.29 is 4.79 Å². The number of carbonyl (C=O) groups excluding carboxylic acids is 1. The van der Waals surface area contributed by atoms with Gasteiger partial charge in [0, 0.05) is 37.1 Å². The van der Waals surface area contributed by atoms with Gasteiger partial charge in [0.25, 0.3) is 0 Å². The third-order valence-corrected chi connectivity index (χ3v) is 4.89. The van der Waals surface area contributed by atoms with Crippen LogP contribution >= 0.6 is 0 Å². The first kappa shape index (κ1) is 18.2. The Morgan fingerprint density at radius 2 is 1.73 bits per heavy atom. The lowest BCUT2D eigenvalue weighted by Gasteiger charge is -2.18. The predicted molar refractivity (Wildman–Crippen MR) is 108 cm³/mol. The molecule has 0 fully saturated rings. The summed E-state index contributed by atoms with van der Waals surface area (Å²) >= 11 is 0. The van der Waals surface area contributed by atoms with Gasteiger partial charge in [-0.15, -0.1) is 0 Å². The van der Waals surface area contributed by atoms with Crippen molar-refractivity contribution in [2.75, 3.05) is 0 Å². The highest BCUT2D eigenvalue weighted by Crippen LogP contribution is 2.33. The molecule has 3 aromatic rings. The quantitative estimate of drug-likeness (QED) is 0.639. The van der Waals surface area contributed by atoms with E-state index in [1.54, 1.807) is 0 Å². The molecule has 0 radical (unpaired) electrons. The molecule has 1 amide bonds. The van der Waals surface area contributed by atoms with Gasteiger partial charge in [-0.05, 0) is 35.4 Å². The highest BCUT2D eigenvalue weighted by atomic mass is 16.1. The summed E-state index contributed by atoms with van der Waals surface area (Å²) in [6.07, 6.45) is 3.73. The van der Waals surface area contributed by atoms with Gasteiger partial charge in [-0.3, -0.25) is 4.79 Å². The molecule has 1 aromatic heterocycles. The Kier molecular flexibility index (Phi) is 5.77. The molecule has 136 valence electrons. The number of hydrogen-bond acceptors (Lipinski definition) is 1. The van der Waals surface area contributed by atoms with Gasteiger partial charge < -0.3 is 9.88 Å². The van der Waals surface area contributed by atoms with Gasteiger partial charge in [-0.25, -0.2) is 0 Å². The number of rotatable bonds is 7. The van der Waals surface area contributed by atoms with Crippen molar-refractivity contribution in [2.45, 2.75) is 39.2 Å². The van der Waals surface area contributed by atoms with E-state index >= 15 is 0 Å². The number of carbonyl (C=O) groups is 1. The highest BCUT2D eigenvalue weighted by Gasteiger charge is 2.21. The van der Waals surface area contributed by atoms with E-state index in [1.165, 1.54) is 16.5 Å². The third kappa shape index (κ3) is 4.34. The number of aryl methyl sites for hydroxylation is 1. The zero-order chi connectivity index (χ0) is 18.5. The Bertz CT molecular complexity index is 864. The fourth-order valence-electron chi connectivity index (χ4n) is 3.68. The van der Waals surface area contributed by atoms with Gasteiger partial charge in [-0.2, -0.15) is 0 Å². The second kappa shape index (κ2) is 8.22. The maximum absolute atomic E-state index is 12.6. The molecule has 3 rings (SSSR count). The summed E-state index contributed by atoms with van der Waals surface area (Å²) in [5.74, 6) is 0.894. The fourth-order valence-corrected chi connectivity index (χ4v) is 3.68. The number of fused-ring (bicyclic) bond motifs is 1. The van der Waals surface area contributed by atoms with Crippen LogP contribution in [-0.2, 0) is 18.4 Å². The van der Waals surface area contributed by atoms with Crippen LogP contribution in [0.3, 0.4) is 0 Å². The average molecular weight is 348 g/mol. The largest absolute Gasteiger partial charge is 0.352 e. The van der Waals surface area contributed by atoms with E-state index in [1.807, 2.05) is 30.3 Å². The number of nitrogens with zero attached hydrogens (tertiary/aromatic N) is 1. The lowest BCUT2D eigenvalue weighted by Crippen LogP contribution is -2.25. The average Bonchev–Trinajstić information content (AvgIpc) is 2.97. The second-order valence-electron chi connectivity index (χ2n) is 7.51. The molecule has 0 spiro atoms. The van der Waals surface area contributed by atoms with Crippen LogP contribution < -0.4 is 5.32 Å². The van der Waals surface area contributed by atoms with E-state index in [0.29, 0.717) is 18.9 Å². The van der Waals surface area contributed by atoms with Gasteiger partial charge in [-0.1, -0.05) is 62.4 Å². The van der Waals surface area contributed by atoms with Crippen molar-refractivity contribution in [3.05, 3.63) is 71.9 Å². The van der Waals surface area contributed by atoms with Crippen molar-refractivity contribution in [2.24, 2.45) is 13.0 Å². The Morgan fingerprint density at radius 1 is 1.04 bits per heavy atom. The minimum absolute atomic E-state index is 0.118. The molecule has 0 aliphatic carbocycles.